The molecule has 2 N–H and O–H groups in total. The van der Waals surface area contributed by atoms with Crippen molar-refractivity contribution in [2.45, 2.75) is 11.8 Å². The van der Waals surface area contributed by atoms with Crippen LogP contribution in [-0.2, 0) is 10.0 Å². The number of anilines is 2. The second-order valence-electron chi connectivity index (χ2n) is 6.05. The van der Waals surface area contributed by atoms with Gasteiger partial charge in [0.1, 0.15) is 11.6 Å². The van der Waals surface area contributed by atoms with Crippen LogP contribution in [-0.4, -0.2) is 14.3 Å². The van der Waals surface area contributed by atoms with E-state index < -0.39 is 27.6 Å². The van der Waals surface area contributed by atoms with E-state index in [1.54, 1.807) is 6.92 Å². The topological polar surface area (TPSA) is 75.3 Å². The van der Waals surface area contributed by atoms with E-state index in [0.29, 0.717) is 11.3 Å². The summed E-state index contributed by atoms with van der Waals surface area (Å²) in [6, 6.07) is 14.2. The lowest BCUT2D eigenvalue weighted by atomic mass is 10.1. The minimum absolute atomic E-state index is 0.116. The van der Waals surface area contributed by atoms with E-state index in [-0.39, 0.29) is 16.1 Å². The van der Waals surface area contributed by atoms with E-state index in [9.17, 15) is 22.0 Å². The van der Waals surface area contributed by atoms with Crippen molar-refractivity contribution >= 4 is 27.3 Å². The van der Waals surface area contributed by atoms with E-state index in [1.165, 1.54) is 54.6 Å². The van der Waals surface area contributed by atoms with Gasteiger partial charge in [0.25, 0.3) is 15.9 Å². The molecule has 0 bridgehead atoms. The van der Waals surface area contributed by atoms with Crippen molar-refractivity contribution in [3.05, 3.63) is 89.5 Å². The molecule has 5 nitrogen and oxygen atoms in total. The van der Waals surface area contributed by atoms with E-state index in [4.69, 9.17) is 0 Å². The van der Waals surface area contributed by atoms with E-state index in [0.717, 1.165) is 12.1 Å². The molecule has 1 amide bonds. The third-order valence-electron chi connectivity index (χ3n) is 3.94. The smallest absolute Gasteiger partial charge is 0.261 e. The second kappa shape index (κ2) is 7.77. The first kappa shape index (κ1) is 19.5. The Labute approximate surface area is 161 Å². The van der Waals surface area contributed by atoms with Gasteiger partial charge in [0.15, 0.2) is 0 Å². The standard InChI is InChI=1S/C20H16F2N2O3S/c1-13-11-16(22)7-10-19(13)23-20(25)14-3-2-4-18(12-14)28(26,27)24-17-8-5-15(21)6-9-17/h2-12,24H,1H3,(H,23,25). The molecule has 0 atom stereocenters. The van der Waals surface area contributed by atoms with Crippen molar-refractivity contribution in [2.75, 3.05) is 10.0 Å². The summed E-state index contributed by atoms with van der Waals surface area (Å²) in [5, 5.41) is 2.63. The summed E-state index contributed by atoms with van der Waals surface area (Å²) in [7, 11) is -3.97. The summed E-state index contributed by atoms with van der Waals surface area (Å²) >= 11 is 0. The quantitative estimate of drug-likeness (QED) is 0.667. The van der Waals surface area contributed by atoms with Crippen LogP contribution in [0.4, 0.5) is 20.2 Å². The summed E-state index contributed by atoms with van der Waals surface area (Å²) < 4.78 is 53.5. The van der Waals surface area contributed by atoms with Gasteiger partial charge >= 0.3 is 0 Å². The molecule has 3 aromatic carbocycles. The molecule has 0 aliphatic carbocycles. The highest BCUT2D eigenvalue weighted by Crippen LogP contribution is 2.20. The van der Waals surface area contributed by atoms with Gasteiger partial charge < -0.3 is 5.32 Å². The molecule has 144 valence electrons. The van der Waals surface area contributed by atoms with Crippen molar-refractivity contribution in [3.63, 3.8) is 0 Å². The molecule has 0 radical (unpaired) electrons. The van der Waals surface area contributed by atoms with Gasteiger partial charge in [-0.05, 0) is 73.2 Å². The highest BCUT2D eigenvalue weighted by atomic mass is 32.2. The first-order valence-electron chi connectivity index (χ1n) is 8.20. The molecule has 0 aromatic heterocycles. The van der Waals surface area contributed by atoms with Crippen molar-refractivity contribution in [1.29, 1.82) is 0 Å². The van der Waals surface area contributed by atoms with Crippen molar-refractivity contribution in [2.24, 2.45) is 0 Å². The molecule has 3 rings (SSSR count). The lowest BCUT2D eigenvalue weighted by Gasteiger charge is -2.11. The number of aryl methyl sites for hydroxylation is 1. The van der Waals surface area contributed by atoms with Gasteiger partial charge in [-0.25, -0.2) is 17.2 Å². The van der Waals surface area contributed by atoms with Crippen molar-refractivity contribution < 1.29 is 22.0 Å². The Morgan fingerprint density at radius 3 is 2.25 bits per heavy atom. The zero-order chi connectivity index (χ0) is 20.3. The fraction of sp³-hybridized carbons (Fsp3) is 0.0500. The minimum Gasteiger partial charge on any atom is -0.322 e. The zero-order valence-electron chi connectivity index (χ0n) is 14.7. The van der Waals surface area contributed by atoms with Gasteiger partial charge in [-0.3, -0.25) is 9.52 Å². The molecule has 3 aromatic rings. The van der Waals surface area contributed by atoms with Crippen LogP contribution in [0.5, 0.6) is 0 Å². The van der Waals surface area contributed by atoms with Gasteiger partial charge in [0.05, 0.1) is 4.90 Å². The Kier molecular flexibility index (Phi) is 5.41. The number of sulfonamides is 1. The maximum Gasteiger partial charge on any atom is 0.261 e. The number of halogens is 2. The van der Waals surface area contributed by atoms with Crippen LogP contribution >= 0.6 is 0 Å². The largest absolute Gasteiger partial charge is 0.322 e. The monoisotopic (exact) mass is 402 g/mol. The van der Waals surface area contributed by atoms with Crippen LogP contribution < -0.4 is 10.0 Å². The first-order valence-corrected chi connectivity index (χ1v) is 9.69. The van der Waals surface area contributed by atoms with Gasteiger partial charge in [-0.2, -0.15) is 0 Å². The highest BCUT2D eigenvalue weighted by molar-refractivity contribution is 7.92. The SMILES string of the molecule is Cc1cc(F)ccc1NC(=O)c1cccc(S(=O)(=O)Nc2ccc(F)cc2)c1. The molecular weight excluding hydrogens is 386 g/mol. The maximum atomic E-state index is 13.2. The number of benzene rings is 3. The van der Waals surface area contributed by atoms with Crippen LogP contribution in [0.3, 0.4) is 0 Å². The molecule has 0 heterocycles. The normalized spacial score (nSPS) is 11.1. The number of hydrogen-bond acceptors (Lipinski definition) is 3. The van der Waals surface area contributed by atoms with Crippen LogP contribution in [0, 0.1) is 18.6 Å². The number of amides is 1. The molecule has 0 saturated carbocycles. The van der Waals surface area contributed by atoms with Crippen LogP contribution in [0.25, 0.3) is 0 Å². The number of nitrogens with one attached hydrogen (secondary N) is 2. The van der Waals surface area contributed by atoms with Crippen LogP contribution in [0.2, 0.25) is 0 Å². The summed E-state index contributed by atoms with van der Waals surface area (Å²) in [5.41, 5.74) is 1.27. The minimum atomic E-state index is -3.97. The third-order valence-corrected chi connectivity index (χ3v) is 5.32. The van der Waals surface area contributed by atoms with Gasteiger partial charge in [-0.1, -0.05) is 6.07 Å². The molecule has 0 aliphatic rings. The first-order chi connectivity index (χ1) is 13.2. The number of carbonyl (C=O) groups is 1. The lowest BCUT2D eigenvalue weighted by molar-refractivity contribution is 0.102. The van der Waals surface area contributed by atoms with Crippen molar-refractivity contribution in [3.8, 4) is 0 Å². The predicted octanol–water partition coefficient (Wildman–Crippen LogP) is 4.33. The Hall–Kier alpha value is -3.26. The molecule has 0 spiro atoms. The number of carbonyl (C=O) groups excluding carboxylic acids is 1. The van der Waals surface area contributed by atoms with Gasteiger partial charge in [-0.15, -0.1) is 0 Å². The Bertz CT molecular complexity index is 1130. The summed E-state index contributed by atoms with van der Waals surface area (Å²) in [5.74, 6) is -1.44. The molecular formula is C20H16F2N2O3S. The lowest BCUT2D eigenvalue weighted by Crippen LogP contribution is -2.16. The molecule has 28 heavy (non-hydrogen) atoms. The predicted molar refractivity (Wildman–Crippen MR) is 103 cm³/mol. The van der Waals surface area contributed by atoms with Crippen molar-refractivity contribution in [1.82, 2.24) is 0 Å². The summed E-state index contributed by atoms with van der Waals surface area (Å²) in [6.07, 6.45) is 0. The Morgan fingerprint density at radius 1 is 0.893 bits per heavy atom. The molecule has 0 saturated heterocycles. The number of hydrogen-bond donors (Lipinski definition) is 2. The zero-order valence-corrected chi connectivity index (χ0v) is 15.6. The Balaban J connectivity index is 1.82. The van der Waals surface area contributed by atoms with Gasteiger partial charge in [0.2, 0.25) is 0 Å². The summed E-state index contributed by atoms with van der Waals surface area (Å²) in [4.78, 5) is 12.3. The van der Waals surface area contributed by atoms with E-state index in [1.807, 2.05) is 0 Å². The molecule has 0 unspecified atom stereocenters. The molecule has 8 heteroatoms. The average molecular weight is 402 g/mol. The average Bonchev–Trinajstić information content (AvgIpc) is 2.66. The van der Waals surface area contributed by atoms with E-state index in [2.05, 4.69) is 10.0 Å². The fourth-order valence-electron chi connectivity index (χ4n) is 2.50. The maximum absolute atomic E-state index is 13.2. The fourth-order valence-corrected chi connectivity index (χ4v) is 3.60. The Morgan fingerprint density at radius 2 is 1.57 bits per heavy atom. The van der Waals surface area contributed by atoms with Crippen LogP contribution in [0.1, 0.15) is 15.9 Å². The highest BCUT2D eigenvalue weighted by Gasteiger charge is 2.17. The molecule has 0 aliphatic heterocycles. The van der Waals surface area contributed by atoms with Crippen LogP contribution in [0.15, 0.2) is 71.6 Å². The van der Waals surface area contributed by atoms with Gasteiger partial charge in [0, 0.05) is 16.9 Å². The molecule has 0 fully saturated rings. The number of rotatable bonds is 5. The second-order valence-corrected chi connectivity index (χ2v) is 7.74. The van der Waals surface area contributed by atoms with E-state index >= 15 is 0 Å². The third kappa shape index (κ3) is 4.52. The summed E-state index contributed by atoms with van der Waals surface area (Å²) in [6.45, 7) is 1.65.